The highest BCUT2D eigenvalue weighted by Gasteiger charge is 2.16. The Morgan fingerprint density at radius 1 is 1.53 bits per heavy atom. The number of aromatic nitrogens is 1. The summed E-state index contributed by atoms with van der Waals surface area (Å²) in [6, 6.07) is 0.943. The molecule has 0 aromatic carbocycles. The SMILES string of the molecule is NC(=O)CNC(=O)c1cc(C(=O)O)on1. The summed E-state index contributed by atoms with van der Waals surface area (Å²) in [6.45, 7) is -0.353. The van der Waals surface area contributed by atoms with Crippen molar-refractivity contribution in [3.05, 3.63) is 17.5 Å². The van der Waals surface area contributed by atoms with E-state index in [2.05, 4.69) is 15.0 Å². The van der Waals surface area contributed by atoms with Crippen molar-refractivity contribution >= 4 is 17.8 Å². The third-order valence-corrected chi connectivity index (χ3v) is 1.38. The molecule has 80 valence electrons. The van der Waals surface area contributed by atoms with Crippen LogP contribution in [0.5, 0.6) is 0 Å². The number of carboxylic acids is 1. The van der Waals surface area contributed by atoms with E-state index in [4.69, 9.17) is 10.8 Å². The Kier molecular flexibility index (Phi) is 3.01. The maximum Gasteiger partial charge on any atom is 0.374 e. The van der Waals surface area contributed by atoms with E-state index in [1.54, 1.807) is 0 Å². The van der Waals surface area contributed by atoms with Gasteiger partial charge in [0.1, 0.15) is 0 Å². The molecule has 2 amide bonds. The lowest BCUT2D eigenvalue weighted by Crippen LogP contribution is -2.33. The molecule has 1 heterocycles. The van der Waals surface area contributed by atoms with Crippen LogP contribution in [-0.2, 0) is 4.79 Å². The lowest BCUT2D eigenvalue weighted by atomic mass is 10.3. The molecule has 0 radical (unpaired) electrons. The molecule has 1 aromatic heterocycles. The van der Waals surface area contributed by atoms with Gasteiger partial charge in [-0.15, -0.1) is 0 Å². The zero-order valence-electron chi connectivity index (χ0n) is 7.39. The van der Waals surface area contributed by atoms with Crippen molar-refractivity contribution in [3.63, 3.8) is 0 Å². The van der Waals surface area contributed by atoms with E-state index in [-0.39, 0.29) is 12.2 Å². The van der Waals surface area contributed by atoms with Gasteiger partial charge in [0.25, 0.3) is 5.91 Å². The molecule has 0 atom stereocenters. The predicted octanol–water partition coefficient (Wildman–Crippen LogP) is -1.41. The molecule has 15 heavy (non-hydrogen) atoms. The van der Waals surface area contributed by atoms with E-state index in [0.29, 0.717) is 0 Å². The molecule has 0 aliphatic rings. The fourth-order valence-corrected chi connectivity index (χ4v) is 0.741. The molecule has 0 saturated heterocycles. The van der Waals surface area contributed by atoms with Crippen LogP contribution < -0.4 is 11.1 Å². The number of aromatic carboxylic acids is 1. The molecule has 0 saturated carbocycles. The first-order valence-electron chi connectivity index (χ1n) is 3.77. The Hall–Kier alpha value is -2.38. The van der Waals surface area contributed by atoms with Crippen molar-refractivity contribution in [1.82, 2.24) is 10.5 Å². The van der Waals surface area contributed by atoms with Gasteiger partial charge in [-0.05, 0) is 0 Å². The van der Waals surface area contributed by atoms with Gasteiger partial charge in [-0.1, -0.05) is 5.16 Å². The standard InChI is InChI=1S/C7H7N3O5/c8-5(11)2-9-6(12)3-1-4(7(13)14)15-10-3/h1H,2H2,(H2,8,11)(H,9,12)(H,13,14). The molecular formula is C7H7N3O5. The maximum absolute atomic E-state index is 11.2. The molecule has 0 spiro atoms. The Morgan fingerprint density at radius 3 is 2.67 bits per heavy atom. The number of nitrogens with one attached hydrogen (secondary N) is 1. The highest BCUT2D eigenvalue weighted by atomic mass is 16.5. The molecule has 1 rings (SSSR count). The molecular weight excluding hydrogens is 206 g/mol. The number of nitrogens with two attached hydrogens (primary N) is 1. The summed E-state index contributed by atoms with van der Waals surface area (Å²) < 4.78 is 4.33. The first-order chi connectivity index (χ1) is 7.00. The van der Waals surface area contributed by atoms with Gasteiger partial charge in [0.2, 0.25) is 11.7 Å². The second-order valence-electron chi connectivity index (χ2n) is 2.53. The van der Waals surface area contributed by atoms with E-state index >= 15 is 0 Å². The summed E-state index contributed by atoms with van der Waals surface area (Å²) in [5, 5.41) is 13.8. The molecule has 0 aliphatic heterocycles. The smallest absolute Gasteiger partial charge is 0.374 e. The summed E-state index contributed by atoms with van der Waals surface area (Å²) >= 11 is 0. The van der Waals surface area contributed by atoms with Crippen molar-refractivity contribution in [1.29, 1.82) is 0 Å². The number of rotatable bonds is 4. The molecule has 0 bridgehead atoms. The third-order valence-electron chi connectivity index (χ3n) is 1.38. The van der Waals surface area contributed by atoms with Gasteiger partial charge in [0.05, 0.1) is 6.54 Å². The molecule has 0 fully saturated rings. The fraction of sp³-hybridized carbons (Fsp3) is 0.143. The summed E-state index contributed by atoms with van der Waals surface area (Å²) in [5.41, 5.74) is 4.55. The van der Waals surface area contributed by atoms with Gasteiger partial charge in [0.15, 0.2) is 5.69 Å². The molecule has 8 heteroatoms. The highest BCUT2D eigenvalue weighted by Crippen LogP contribution is 2.02. The quantitative estimate of drug-likeness (QED) is 0.562. The topological polar surface area (TPSA) is 136 Å². The second kappa shape index (κ2) is 4.22. The van der Waals surface area contributed by atoms with Crippen LogP contribution in [0.15, 0.2) is 10.6 Å². The lowest BCUT2D eigenvalue weighted by Gasteiger charge is -1.96. The van der Waals surface area contributed by atoms with E-state index < -0.39 is 23.5 Å². The lowest BCUT2D eigenvalue weighted by molar-refractivity contribution is -0.117. The summed E-state index contributed by atoms with van der Waals surface area (Å²) in [5.74, 6) is -3.24. The number of carbonyl (C=O) groups is 3. The van der Waals surface area contributed by atoms with Gasteiger partial charge in [0, 0.05) is 6.07 Å². The minimum atomic E-state index is -1.34. The van der Waals surface area contributed by atoms with Crippen molar-refractivity contribution in [2.75, 3.05) is 6.54 Å². The van der Waals surface area contributed by atoms with Crippen LogP contribution in [0.3, 0.4) is 0 Å². The second-order valence-corrected chi connectivity index (χ2v) is 2.53. The van der Waals surface area contributed by atoms with Crippen LogP contribution in [0.2, 0.25) is 0 Å². The van der Waals surface area contributed by atoms with Crippen LogP contribution in [0.4, 0.5) is 0 Å². The Balaban J connectivity index is 2.66. The minimum Gasteiger partial charge on any atom is -0.475 e. The fourth-order valence-electron chi connectivity index (χ4n) is 0.741. The van der Waals surface area contributed by atoms with E-state index in [9.17, 15) is 14.4 Å². The highest BCUT2D eigenvalue weighted by molar-refractivity contribution is 5.96. The van der Waals surface area contributed by atoms with Crippen LogP contribution in [-0.4, -0.2) is 34.6 Å². The average Bonchev–Trinajstić information content (AvgIpc) is 2.62. The van der Waals surface area contributed by atoms with E-state index in [1.165, 1.54) is 0 Å². The van der Waals surface area contributed by atoms with Crippen LogP contribution >= 0.6 is 0 Å². The number of nitrogens with zero attached hydrogens (tertiary/aromatic N) is 1. The zero-order valence-corrected chi connectivity index (χ0v) is 7.39. The molecule has 0 aliphatic carbocycles. The van der Waals surface area contributed by atoms with Crippen molar-refractivity contribution in [3.8, 4) is 0 Å². The number of carbonyl (C=O) groups excluding carboxylic acids is 2. The Bertz CT molecular complexity index is 411. The maximum atomic E-state index is 11.2. The van der Waals surface area contributed by atoms with Crippen molar-refractivity contribution in [2.24, 2.45) is 5.73 Å². The molecule has 4 N–H and O–H groups in total. The van der Waals surface area contributed by atoms with Crippen molar-refractivity contribution in [2.45, 2.75) is 0 Å². The minimum absolute atomic E-state index is 0.228. The number of amides is 2. The summed E-state index contributed by atoms with van der Waals surface area (Å²) in [4.78, 5) is 31.8. The first kappa shape index (κ1) is 10.7. The predicted molar refractivity (Wildman–Crippen MR) is 45.0 cm³/mol. The largest absolute Gasteiger partial charge is 0.475 e. The molecule has 0 unspecified atom stereocenters. The van der Waals surface area contributed by atoms with Crippen LogP contribution in [0.1, 0.15) is 21.0 Å². The third kappa shape index (κ3) is 2.79. The zero-order chi connectivity index (χ0) is 11.4. The molecule has 1 aromatic rings. The van der Waals surface area contributed by atoms with E-state index in [1.807, 2.05) is 0 Å². The summed E-state index contributed by atoms with van der Waals surface area (Å²) in [7, 11) is 0. The summed E-state index contributed by atoms with van der Waals surface area (Å²) in [6.07, 6.45) is 0. The molecule has 8 nitrogen and oxygen atoms in total. The number of hydrogen-bond acceptors (Lipinski definition) is 5. The van der Waals surface area contributed by atoms with Gasteiger partial charge in [-0.25, -0.2) is 4.79 Å². The Labute approximate surface area is 83.0 Å². The van der Waals surface area contributed by atoms with Crippen molar-refractivity contribution < 1.29 is 24.0 Å². The van der Waals surface area contributed by atoms with Gasteiger partial charge in [-0.2, -0.15) is 0 Å². The van der Waals surface area contributed by atoms with Gasteiger partial charge in [-0.3, -0.25) is 9.59 Å². The number of carboxylic acid groups (broad SMARTS) is 1. The van der Waals surface area contributed by atoms with Gasteiger partial charge < -0.3 is 20.7 Å². The van der Waals surface area contributed by atoms with Crippen LogP contribution in [0.25, 0.3) is 0 Å². The normalized spacial score (nSPS) is 9.60. The number of primary amides is 1. The number of hydrogen-bond donors (Lipinski definition) is 3. The van der Waals surface area contributed by atoms with Gasteiger partial charge >= 0.3 is 5.97 Å². The first-order valence-corrected chi connectivity index (χ1v) is 3.77. The van der Waals surface area contributed by atoms with E-state index in [0.717, 1.165) is 6.07 Å². The van der Waals surface area contributed by atoms with Crippen LogP contribution in [0, 0.1) is 0 Å². The monoisotopic (exact) mass is 213 g/mol. The Morgan fingerprint density at radius 2 is 2.20 bits per heavy atom. The average molecular weight is 213 g/mol.